The summed E-state index contributed by atoms with van der Waals surface area (Å²) in [7, 11) is 0. The number of alkyl carbamates (subject to hydrolysis) is 3. The van der Waals surface area contributed by atoms with Crippen LogP contribution in [0.4, 0.5) is 101 Å². The van der Waals surface area contributed by atoms with E-state index in [4.69, 9.17) is 77.8 Å². The third kappa shape index (κ3) is 27.3. The molecular weight excluding hydrogens is 1970 g/mol. The fraction of sp³-hybridized carbons (Fsp3) is 0.234. The summed E-state index contributed by atoms with van der Waals surface area (Å²) in [5, 5.41) is 27.8. The van der Waals surface area contributed by atoms with E-state index >= 15 is 0 Å². The summed E-state index contributed by atoms with van der Waals surface area (Å²) in [5.41, 5.74) is -1.71. The molecule has 0 spiro atoms. The highest BCUT2D eigenvalue weighted by atomic mass is 127. The molecule has 0 unspecified atom stereocenters. The van der Waals surface area contributed by atoms with Gasteiger partial charge in [-0.3, -0.25) is 14.6 Å². The first-order valence-corrected chi connectivity index (χ1v) is 42.3. The summed E-state index contributed by atoms with van der Waals surface area (Å²) in [4.78, 5) is 72.4. The summed E-state index contributed by atoms with van der Waals surface area (Å²) in [6, 6.07) is 61.7. The second-order valence-electron chi connectivity index (χ2n) is 29.6. The SMILES string of the molecule is CC(=O)[C@@H]1OC(=O)N[C@H]1c1cccc(C(F)(F)F)c1.CC[C@@H]1OC(=O)N(c2ccc(Oc3ccc(Cl)cc3)cc2)[C@H]1c1cccc(C(F)(F)F)c1.CC[C@@H]1OC(=O)N[C@H]1c1cccc(C(F)(F)F)c1.Clc1ccc(Oc2ccc(I)cc2)cc1.O=C1N[C@@H](c2cccc(C(F)(F)F)c2)[C@H](CO)O1.O=C1O[C@@H](CO)[C@H](c2cccc(C(F)(F)F)c2)N1c1ccc(Oc2ccc(Cl)cc2)cc1. The van der Waals surface area contributed by atoms with E-state index in [-0.39, 0.29) is 16.7 Å². The van der Waals surface area contributed by atoms with E-state index in [0.717, 1.165) is 72.2 Å². The van der Waals surface area contributed by atoms with Crippen LogP contribution in [0, 0.1) is 3.57 Å². The number of amides is 5. The summed E-state index contributed by atoms with van der Waals surface area (Å²) in [6.45, 7) is 3.85. The van der Waals surface area contributed by atoms with Crippen LogP contribution in [-0.2, 0) is 59.4 Å². The first-order chi connectivity index (χ1) is 63.4. The molecule has 40 heteroatoms. The number of ketones is 1. The van der Waals surface area contributed by atoms with Gasteiger partial charge in [-0.2, -0.15) is 65.9 Å². The van der Waals surface area contributed by atoms with E-state index in [0.29, 0.717) is 73.4 Å². The minimum atomic E-state index is -4.54. The molecule has 5 fully saturated rings. The fourth-order valence-electron chi connectivity index (χ4n) is 14.0. The monoisotopic (exact) mass is 2050 g/mol. The number of Topliss-reactive ketones (excluding diaryl/α,β-unsaturated/α-hetero) is 1. The van der Waals surface area contributed by atoms with Crippen molar-refractivity contribution in [2.24, 2.45) is 0 Å². The van der Waals surface area contributed by atoms with Crippen LogP contribution >= 0.6 is 57.4 Å². The Kier molecular flexibility index (Phi) is 33.8. The highest BCUT2D eigenvalue weighted by Crippen LogP contribution is 2.45. The lowest BCUT2D eigenvalue weighted by Gasteiger charge is -2.25. The van der Waals surface area contributed by atoms with Crippen molar-refractivity contribution in [3.05, 3.63) is 341 Å². The minimum absolute atomic E-state index is 0.181. The van der Waals surface area contributed by atoms with E-state index in [1.54, 1.807) is 109 Å². The minimum Gasteiger partial charge on any atom is -0.457 e. The second kappa shape index (κ2) is 44.4. The highest BCUT2D eigenvalue weighted by molar-refractivity contribution is 14.1. The third-order valence-electron chi connectivity index (χ3n) is 20.4. The molecule has 5 aliphatic rings. The van der Waals surface area contributed by atoms with Gasteiger partial charge in [0.15, 0.2) is 24.1 Å². The maximum absolute atomic E-state index is 13.2. The van der Waals surface area contributed by atoms with Crippen molar-refractivity contribution in [2.75, 3.05) is 23.0 Å². The highest BCUT2D eigenvalue weighted by Gasteiger charge is 2.48. The van der Waals surface area contributed by atoms with E-state index in [1.165, 1.54) is 68.8 Å². The zero-order chi connectivity index (χ0) is 97.3. The molecule has 21 nitrogen and oxygen atoms in total. The molecule has 5 saturated heterocycles. The Bertz CT molecular complexity index is 5570. The van der Waals surface area contributed by atoms with Gasteiger partial charge in [0.05, 0.1) is 53.1 Å². The zero-order valence-electron chi connectivity index (χ0n) is 69.7. The second-order valence-corrected chi connectivity index (χ2v) is 32.1. The predicted molar refractivity (Wildman–Crippen MR) is 469 cm³/mol. The number of nitrogens with one attached hydrogen (secondary N) is 3. The van der Waals surface area contributed by atoms with E-state index in [1.807, 2.05) is 62.4 Å². The smallest absolute Gasteiger partial charge is 0.416 e. The van der Waals surface area contributed by atoms with Gasteiger partial charge in [0.1, 0.15) is 64.8 Å². The topological polar surface area (TPSA) is 259 Å². The Morgan fingerprint density at radius 2 is 0.612 bits per heavy atom. The number of carbonyl (C=O) groups excluding carboxylic acids is 6. The lowest BCUT2D eigenvalue weighted by molar-refractivity contribution is -0.138. The number of aliphatic hydroxyl groups is 2. The van der Waals surface area contributed by atoms with Gasteiger partial charge in [-0.15, -0.1) is 0 Å². The number of hydrogen-bond acceptors (Lipinski definition) is 16. The molecule has 0 aliphatic carbocycles. The Hall–Kier alpha value is -12.7. The molecule has 0 aromatic heterocycles. The van der Waals surface area contributed by atoms with Gasteiger partial charge >= 0.3 is 61.3 Å². The molecular formula is C94H76Cl3F15IN5O16. The number of aliphatic hydroxyl groups excluding tert-OH is 2. The van der Waals surface area contributed by atoms with Crippen molar-refractivity contribution in [1.29, 1.82) is 0 Å². The maximum Gasteiger partial charge on any atom is 0.416 e. The molecule has 16 rings (SSSR count). The van der Waals surface area contributed by atoms with Crippen molar-refractivity contribution in [1.82, 2.24) is 16.0 Å². The van der Waals surface area contributed by atoms with Gasteiger partial charge in [-0.1, -0.05) is 109 Å². The van der Waals surface area contributed by atoms with Gasteiger partial charge in [0.25, 0.3) is 0 Å². The molecule has 5 aliphatic heterocycles. The van der Waals surface area contributed by atoms with Crippen LogP contribution in [0.1, 0.15) is 119 Å². The molecule has 706 valence electrons. The summed E-state index contributed by atoms with van der Waals surface area (Å²) in [5.74, 6) is 3.36. The largest absolute Gasteiger partial charge is 0.457 e. The number of nitrogens with zero attached hydrogens (tertiary/aromatic N) is 2. The third-order valence-corrected chi connectivity index (χ3v) is 21.8. The van der Waals surface area contributed by atoms with E-state index in [2.05, 4.69) is 38.5 Å². The zero-order valence-corrected chi connectivity index (χ0v) is 74.1. The standard InChI is InChI=1S/C24H19ClF3NO3.C23H17ClF3NO4.C12H8ClIO.C12H10F3NO3.C12H12F3NO2.C11H10F3NO3/c1-2-21-22(15-4-3-5-16(14-15)24(26,27)28)29(23(30)32-21)18-8-12-20(13-9-18)31-19-10-6-17(25)7-11-19;24-16-4-8-18(9-5-16)31-19-10-6-17(7-11-19)28-21(20(13-29)32-22(28)30)14-2-1-3-15(12-14)23(25,26)27;13-9-1-5-11(6-2-9)15-12-7-3-10(14)4-8-12;1-6(17)10-9(16-11(18)19-10)7-3-2-4-8(5-7)12(13,14)15;1-2-9-10(16-11(17)18-9)7-4-3-5-8(6-7)12(13,14)15;12-11(13,14)7-3-1-2-6(4-7)9-8(5-16)18-10(17)15-9/h3-14,21-22H,2H2,1H3;1-12,20-21,29H,13H2;1-8H;2-5,9-10H,1H3,(H,16,18);3-6,9-10H,2H2,1H3,(H,16,17);1-4,8-9,16H,5H2,(H,15,17)/t21-,22-;20-,21-;;2*9-,10-;8-,9-/m00.000/s1. The molecule has 11 aromatic carbocycles. The molecule has 10 atom stereocenters. The van der Waals surface area contributed by atoms with Gasteiger partial charge in [-0.05, 0) is 276 Å². The Morgan fingerprint density at radius 1 is 0.351 bits per heavy atom. The number of cyclic esters (lactones) is 5. The Morgan fingerprint density at radius 3 is 0.925 bits per heavy atom. The molecule has 0 bridgehead atoms. The van der Waals surface area contributed by atoms with Crippen LogP contribution < -0.4 is 40.0 Å². The van der Waals surface area contributed by atoms with Crippen LogP contribution in [0.25, 0.3) is 0 Å². The summed E-state index contributed by atoms with van der Waals surface area (Å²) >= 11 is 19.8. The summed E-state index contributed by atoms with van der Waals surface area (Å²) < 4.78 is 236. The van der Waals surface area contributed by atoms with Crippen LogP contribution in [0.15, 0.2) is 267 Å². The van der Waals surface area contributed by atoms with Gasteiger partial charge < -0.3 is 64.1 Å². The quantitative estimate of drug-likeness (QED) is 0.0304. The van der Waals surface area contributed by atoms with Gasteiger partial charge in [-0.25, -0.2) is 24.0 Å². The lowest BCUT2D eigenvalue weighted by Crippen LogP contribution is -2.30. The van der Waals surface area contributed by atoms with Crippen molar-refractivity contribution in [2.45, 2.75) is 125 Å². The maximum atomic E-state index is 13.2. The fourth-order valence-corrected chi connectivity index (χ4v) is 14.8. The molecule has 11 aromatic rings. The average molecular weight is 2050 g/mol. The van der Waals surface area contributed by atoms with Crippen molar-refractivity contribution < 1.29 is 143 Å². The van der Waals surface area contributed by atoms with Crippen LogP contribution in [-0.4, -0.2) is 90.2 Å². The van der Waals surface area contributed by atoms with Gasteiger partial charge in [0, 0.05) is 30.0 Å². The molecule has 5 N–H and O–H groups in total. The predicted octanol–water partition coefficient (Wildman–Crippen LogP) is 26.1. The molecule has 0 radical (unpaired) electrons. The average Bonchev–Trinajstić information content (AvgIpc) is 1.62. The molecule has 134 heavy (non-hydrogen) atoms. The van der Waals surface area contributed by atoms with Crippen LogP contribution in [0.5, 0.6) is 34.5 Å². The molecule has 0 saturated carbocycles. The molecule has 5 amide bonds. The lowest BCUT2D eigenvalue weighted by atomic mass is 9.96. The van der Waals surface area contributed by atoms with Crippen LogP contribution in [0.3, 0.4) is 0 Å². The van der Waals surface area contributed by atoms with E-state index in [9.17, 15) is 99.7 Å². The van der Waals surface area contributed by atoms with Crippen molar-refractivity contribution in [3.8, 4) is 34.5 Å². The molecule has 5 heterocycles. The van der Waals surface area contributed by atoms with Gasteiger partial charge in [0.2, 0.25) is 0 Å². The van der Waals surface area contributed by atoms with E-state index < -0.39 is 169 Å². The summed E-state index contributed by atoms with van der Waals surface area (Å²) in [6.07, 6.45) is -28.9. The Labute approximate surface area is 783 Å². The number of ether oxygens (including phenoxy) is 8. The van der Waals surface area contributed by atoms with Crippen molar-refractivity contribution >= 4 is 105 Å². The first kappa shape index (κ1) is 102. The Balaban J connectivity index is 0.000000159. The van der Waals surface area contributed by atoms with Crippen molar-refractivity contribution in [3.63, 3.8) is 0 Å². The normalized spacial score (nSPS) is 19.6. The number of hydrogen-bond donors (Lipinski definition) is 5. The first-order valence-electron chi connectivity index (χ1n) is 40.1. The number of rotatable bonds is 18. The number of halogens is 19. The number of alkyl halides is 15. The van der Waals surface area contributed by atoms with Crippen LogP contribution in [0.2, 0.25) is 15.1 Å². The number of carbonyl (C=O) groups is 6. The number of anilines is 2. The number of benzene rings is 11.